The molecule has 0 aliphatic heterocycles. The minimum absolute atomic E-state index is 0.158. The molecular formula is C64H58N6O6S3. The Morgan fingerprint density at radius 2 is 0.582 bits per heavy atom. The van der Waals surface area contributed by atoms with E-state index in [0.717, 1.165) is 50.1 Å². The maximum atomic E-state index is 14.0. The summed E-state index contributed by atoms with van der Waals surface area (Å²) in [6.07, 6.45) is 1.36. The molecule has 0 saturated heterocycles. The summed E-state index contributed by atoms with van der Waals surface area (Å²) >= 11 is 4.53. The number of nitrogens with one attached hydrogen (secondary N) is 6. The van der Waals surface area contributed by atoms with Gasteiger partial charge in [0.25, 0.3) is 0 Å². The fraction of sp³-hybridized carbons (Fsp3) is 0.156. The van der Waals surface area contributed by atoms with Gasteiger partial charge in [-0.25, -0.2) is 0 Å². The van der Waals surface area contributed by atoms with Crippen molar-refractivity contribution in [3.63, 3.8) is 0 Å². The number of carbonyl (C=O) groups excluding carboxylic acids is 6. The highest BCUT2D eigenvalue weighted by Crippen LogP contribution is 2.34. The van der Waals surface area contributed by atoms with Crippen LogP contribution < -0.4 is 31.9 Å². The summed E-state index contributed by atoms with van der Waals surface area (Å²) in [5.74, 6) is -2.21. The fourth-order valence-electron chi connectivity index (χ4n) is 9.19. The van der Waals surface area contributed by atoms with Gasteiger partial charge in [-0.2, -0.15) is 34.0 Å². The van der Waals surface area contributed by atoms with Crippen LogP contribution in [0.1, 0.15) is 56.0 Å². The third kappa shape index (κ3) is 16.4. The fourth-order valence-corrected chi connectivity index (χ4v) is 11.2. The number of rotatable bonds is 24. The van der Waals surface area contributed by atoms with Gasteiger partial charge in [-0.05, 0) is 137 Å². The van der Waals surface area contributed by atoms with Gasteiger partial charge in [0.1, 0.15) is 18.1 Å². The molecule has 0 spiro atoms. The van der Waals surface area contributed by atoms with Crippen molar-refractivity contribution in [3.8, 4) is 0 Å². The molecule has 0 radical (unpaired) electrons. The summed E-state index contributed by atoms with van der Waals surface area (Å²) in [5.41, 5.74) is 9.58. The van der Waals surface area contributed by atoms with E-state index in [2.05, 4.69) is 31.9 Å². The quantitative estimate of drug-likeness (QED) is 0.0329. The summed E-state index contributed by atoms with van der Waals surface area (Å²) < 4.78 is 0. The summed E-state index contributed by atoms with van der Waals surface area (Å²) in [6, 6.07) is 54.4. The molecular weight excluding hydrogens is 1040 g/mol. The van der Waals surface area contributed by atoms with Gasteiger partial charge in [-0.1, -0.05) is 127 Å². The van der Waals surface area contributed by atoms with E-state index >= 15 is 0 Å². The largest absolute Gasteiger partial charge is 0.344 e. The van der Waals surface area contributed by atoms with Gasteiger partial charge < -0.3 is 31.9 Å². The Hall–Kier alpha value is -8.76. The van der Waals surface area contributed by atoms with Gasteiger partial charge in [0.15, 0.2) is 0 Å². The van der Waals surface area contributed by atoms with E-state index in [1.165, 1.54) is 34.0 Å². The summed E-state index contributed by atoms with van der Waals surface area (Å²) in [5, 5.41) is 29.5. The van der Waals surface area contributed by atoms with Gasteiger partial charge in [-0.15, -0.1) is 0 Å². The van der Waals surface area contributed by atoms with E-state index in [-0.39, 0.29) is 60.6 Å². The second-order valence-corrected chi connectivity index (χ2v) is 21.5. The first-order valence-corrected chi connectivity index (χ1v) is 28.7. The number of thiophene rings is 3. The molecule has 6 aromatic carbocycles. The number of hydrogen-bond donors (Lipinski definition) is 6. The van der Waals surface area contributed by atoms with Crippen molar-refractivity contribution in [1.82, 2.24) is 16.0 Å². The lowest BCUT2D eigenvalue weighted by Gasteiger charge is -2.22. The number of carbonyl (C=O) groups is 6. The first kappa shape index (κ1) is 55.0. The topological polar surface area (TPSA) is 175 Å². The van der Waals surface area contributed by atoms with E-state index < -0.39 is 18.1 Å². The second kappa shape index (κ2) is 27.5. The Morgan fingerprint density at radius 1 is 0.316 bits per heavy atom. The van der Waals surface area contributed by atoms with Crippen LogP contribution >= 0.6 is 34.0 Å². The van der Waals surface area contributed by atoms with Crippen LogP contribution in [0.2, 0.25) is 0 Å². The van der Waals surface area contributed by atoms with Gasteiger partial charge in [0, 0.05) is 42.2 Å². The lowest BCUT2D eigenvalue weighted by atomic mass is 9.85. The summed E-state index contributed by atoms with van der Waals surface area (Å²) in [4.78, 5) is 81.7. The normalized spacial score (nSPS) is 12.1. The SMILES string of the molecule is O=C(Cc1ccsc1)N[C@@H](Cc1ccccc1)C(=O)Nc1ccc(C(c2ccc(NC(=O)[C@H](Cc3ccccc3)NC(=O)Cc3ccsc3)cc2)c2ccc(NC(=O)[C@H](Cc3ccccc3)NC(=O)Cc3ccsc3)cc2)cc1. The number of hydrogen-bond acceptors (Lipinski definition) is 9. The Kier molecular flexibility index (Phi) is 19.2. The Labute approximate surface area is 471 Å². The van der Waals surface area contributed by atoms with Crippen molar-refractivity contribution in [3.05, 3.63) is 264 Å². The minimum Gasteiger partial charge on any atom is -0.344 e. The van der Waals surface area contributed by atoms with E-state index in [1.54, 1.807) is 0 Å². The van der Waals surface area contributed by atoms with Crippen molar-refractivity contribution in [2.45, 2.75) is 62.6 Å². The van der Waals surface area contributed by atoms with E-state index in [4.69, 9.17) is 0 Å². The molecule has 0 aliphatic carbocycles. The first-order valence-electron chi connectivity index (χ1n) is 25.8. The van der Waals surface area contributed by atoms with Crippen LogP contribution in [0.5, 0.6) is 0 Å². The molecule has 6 amide bonds. The minimum atomic E-state index is -0.842. The van der Waals surface area contributed by atoms with Crippen molar-refractivity contribution < 1.29 is 28.8 Å². The smallest absolute Gasteiger partial charge is 0.247 e. The van der Waals surface area contributed by atoms with Crippen LogP contribution in [0.15, 0.2) is 214 Å². The zero-order valence-electron chi connectivity index (χ0n) is 43.0. The number of amides is 6. The van der Waals surface area contributed by atoms with Crippen LogP contribution in [0.25, 0.3) is 0 Å². The molecule has 9 rings (SSSR count). The number of benzene rings is 6. The van der Waals surface area contributed by atoms with Crippen LogP contribution in [0.3, 0.4) is 0 Å². The average Bonchev–Trinajstić information content (AvgIpc) is 4.33. The zero-order chi connectivity index (χ0) is 54.8. The molecule has 6 N–H and O–H groups in total. The van der Waals surface area contributed by atoms with Crippen molar-refractivity contribution in [2.24, 2.45) is 0 Å². The third-order valence-corrected chi connectivity index (χ3v) is 15.4. The molecule has 9 aromatic rings. The van der Waals surface area contributed by atoms with Crippen molar-refractivity contribution in [1.29, 1.82) is 0 Å². The molecule has 0 bridgehead atoms. The van der Waals surface area contributed by atoms with Crippen LogP contribution in [0.4, 0.5) is 17.1 Å². The lowest BCUT2D eigenvalue weighted by Crippen LogP contribution is -2.45. The summed E-state index contributed by atoms with van der Waals surface area (Å²) in [7, 11) is 0. The molecule has 0 fully saturated rings. The highest BCUT2D eigenvalue weighted by Gasteiger charge is 2.26. The second-order valence-electron chi connectivity index (χ2n) is 19.1. The highest BCUT2D eigenvalue weighted by atomic mass is 32.1. The predicted molar refractivity (Wildman–Crippen MR) is 316 cm³/mol. The van der Waals surface area contributed by atoms with Crippen LogP contribution in [-0.2, 0) is 67.3 Å². The Bertz CT molecular complexity index is 3030. The third-order valence-electron chi connectivity index (χ3n) is 13.2. The standard InChI is InChI=1S/C64H58N6O6S3/c71-58(37-46-28-31-77-40-46)68-55(34-43-10-4-1-5-11-43)62(74)65-52-22-16-49(17-23-52)61(50-18-24-53(25-19-50)66-63(75)56(35-44-12-6-2-7-13-44)69-59(72)38-47-29-32-78-41-47)51-20-26-54(27-21-51)67-64(76)57(36-45-14-8-3-9-15-45)70-60(73)39-48-30-33-79-42-48/h1-33,40-42,55-57,61H,34-39H2,(H,65,74)(H,66,75)(H,67,76)(H,68,71)(H,69,72)(H,70,73)/t55-,56-,57-/m0/s1. The molecule has 398 valence electrons. The number of anilines is 3. The molecule has 0 saturated carbocycles. The van der Waals surface area contributed by atoms with Gasteiger partial charge in [-0.3, -0.25) is 28.8 Å². The van der Waals surface area contributed by atoms with E-state index in [0.29, 0.717) is 36.3 Å². The van der Waals surface area contributed by atoms with E-state index in [9.17, 15) is 28.8 Å². The molecule has 12 nitrogen and oxygen atoms in total. The van der Waals surface area contributed by atoms with Crippen LogP contribution in [0, 0.1) is 0 Å². The monoisotopic (exact) mass is 1100 g/mol. The molecule has 3 aromatic heterocycles. The van der Waals surface area contributed by atoms with Crippen LogP contribution in [-0.4, -0.2) is 53.6 Å². The zero-order valence-corrected chi connectivity index (χ0v) is 45.5. The maximum Gasteiger partial charge on any atom is 0.247 e. The maximum absolute atomic E-state index is 14.0. The van der Waals surface area contributed by atoms with Crippen molar-refractivity contribution in [2.75, 3.05) is 16.0 Å². The molecule has 0 aliphatic rings. The first-order chi connectivity index (χ1) is 38.6. The molecule has 15 heteroatoms. The molecule has 79 heavy (non-hydrogen) atoms. The molecule has 3 heterocycles. The predicted octanol–water partition coefficient (Wildman–Crippen LogP) is 10.8. The van der Waals surface area contributed by atoms with Gasteiger partial charge in [0.05, 0.1) is 19.3 Å². The highest BCUT2D eigenvalue weighted by molar-refractivity contribution is 7.08. The van der Waals surface area contributed by atoms with E-state index in [1.807, 2.05) is 214 Å². The molecule has 3 atom stereocenters. The Morgan fingerprint density at radius 3 is 0.823 bits per heavy atom. The van der Waals surface area contributed by atoms with Crippen molar-refractivity contribution >= 4 is 86.5 Å². The Balaban J connectivity index is 0.953. The lowest BCUT2D eigenvalue weighted by molar-refractivity contribution is -0.126. The summed E-state index contributed by atoms with van der Waals surface area (Å²) in [6.45, 7) is 0. The molecule has 0 unspecified atom stereocenters. The van der Waals surface area contributed by atoms with Gasteiger partial charge in [0.2, 0.25) is 35.4 Å². The average molecular weight is 1100 g/mol. The van der Waals surface area contributed by atoms with Gasteiger partial charge >= 0.3 is 0 Å².